The Bertz CT molecular complexity index is 330. The Morgan fingerprint density at radius 1 is 1.21 bits per heavy atom. The first-order valence-electron chi connectivity index (χ1n) is 4.13. The summed E-state index contributed by atoms with van der Waals surface area (Å²) in [7, 11) is 0. The second-order valence-electron chi connectivity index (χ2n) is 2.96. The topological polar surface area (TPSA) is 86.7 Å². The van der Waals surface area contributed by atoms with Crippen LogP contribution in [0.3, 0.4) is 0 Å². The van der Waals surface area contributed by atoms with Gasteiger partial charge in [0.25, 0.3) is 0 Å². The molecule has 1 rings (SSSR count). The summed E-state index contributed by atoms with van der Waals surface area (Å²) in [6.07, 6.45) is 0.0533. The van der Waals surface area contributed by atoms with Crippen molar-refractivity contribution < 1.29 is 19.7 Å². The Balaban J connectivity index is 3.04. The van der Waals surface area contributed by atoms with Crippen molar-refractivity contribution in [3.8, 4) is 17.2 Å². The fraction of sp³-hybridized carbons (Fsp3) is 0.333. The number of hydrogen-bond donors (Lipinski definition) is 4. The number of rotatable bonds is 3. The van der Waals surface area contributed by atoms with Crippen LogP contribution in [-0.4, -0.2) is 22.0 Å². The molecule has 0 aliphatic rings. The minimum absolute atomic E-state index is 0.0533. The maximum atomic E-state index is 12.0. The summed E-state index contributed by atoms with van der Waals surface area (Å²) in [6.45, 7) is -0.609. The van der Waals surface area contributed by atoms with Gasteiger partial charge in [-0.1, -0.05) is 0 Å². The zero-order valence-electron chi connectivity index (χ0n) is 7.44. The van der Waals surface area contributed by atoms with E-state index in [1.807, 2.05) is 0 Å². The predicted octanol–water partition coefficient (Wildman–Crippen LogP) is 1.16. The first-order chi connectivity index (χ1) is 6.57. The number of benzene rings is 1. The van der Waals surface area contributed by atoms with E-state index in [4.69, 9.17) is 15.9 Å². The number of phenols is 3. The minimum Gasteiger partial charge on any atom is -0.504 e. The van der Waals surface area contributed by atoms with Crippen LogP contribution in [-0.2, 0) is 0 Å². The molecule has 1 aromatic carbocycles. The second-order valence-corrected chi connectivity index (χ2v) is 2.96. The van der Waals surface area contributed by atoms with Crippen LogP contribution in [0, 0.1) is 0 Å². The standard InChI is InChI=1S/C9H12FNO3/c10-4-3-6(11)5-1-2-7(12)9(14)8(5)13/h1-2,6,12-14H,3-4,11H2/t6-/m0/s1. The van der Waals surface area contributed by atoms with Crippen molar-refractivity contribution in [3.63, 3.8) is 0 Å². The van der Waals surface area contributed by atoms with Crippen LogP contribution in [0.15, 0.2) is 12.1 Å². The van der Waals surface area contributed by atoms with Gasteiger partial charge in [0.05, 0.1) is 6.67 Å². The van der Waals surface area contributed by atoms with Crippen molar-refractivity contribution in [1.29, 1.82) is 0 Å². The first-order valence-corrected chi connectivity index (χ1v) is 4.13. The summed E-state index contributed by atoms with van der Waals surface area (Å²) < 4.78 is 12.0. The van der Waals surface area contributed by atoms with Crippen molar-refractivity contribution in [1.82, 2.24) is 0 Å². The molecule has 78 valence electrons. The molecule has 0 amide bonds. The number of nitrogens with two attached hydrogens (primary N) is 1. The van der Waals surface area contributed by atoms with E-state index >= 15 is 0 Å². The summed E-state index contributed by atoms with van der Waals surface area (Å²) in [5.74, 6) is -1.55. The quantitative estimate of drug-likeness (QED) is 0.553. The highest BCUT2D eigenvalue weighted by atomic mass is 19.1. The highest BCUT2D eigenvalue weighted by molar-refractivity contribution is 5.53. The van der Waals surface area contributed by atoms with Gasteiger partial charge in [-0.05, 0) is 18.6 Å². The maximum Gasteiger partial charge on any atom is 0.200 e. The van der Waals surface area contributed by atoms with E-state index in [9.17, 15) is 9.50 Å². The molecule has 0 radical (unpaired) electrons. The van der Waals surface area contributed by atoms with Crippen molar-refractivity contribution in [2.75, 3.05) is 6.67 Å². The van der Waals surface area contributed by atoms with E-state index < -0.39 is 30.0 Å². The third kappa shape index (κ3) is 1.88. The molecular weight excluding hydrogens is 189 g/mol. The van der Waals surface area contributed by atoms with E-state index in [2.05, 4.69) is 0 Å². The lowest BCUT2D eigenvalue weighted by atomic mass is 10.0. The predicted molar refractivity (Wildman–Crippen MR) is 49.0 cm³/mol. The molecule has 1 atom stereocenters. The van der Waals surface area contributed by atoms with E-state index in [1.54, 1.807) is 0 Å². The molecule has 0 aliphatic carbocycles. The minimum atomic E-state index is -0.688. The van der Waals surface area contributed by atoms with Gasteiger partial charge in [-0.3, -0.25) is 4.39 Å². The zero-order valence-corrected chi connectivity index (χ0v) is 7.44. The number of hydrogen-bond acceptors (Lipinski definition) is 4. The molecule has 0 aromatic heterocycles. The molecule has 0 aliphatic heterocycles. The third-order valence-electron chi connectivity index (χ3n) is 1.98. The average Bonchev–Trinajstić information content (AvgIpc) is 2.15. The van der Waals surface area contributed by atoms with Gasteiger partial charge in [-0.25, -0.2) is 0 Å². The molecule has 0 spiro atoms. The smallest absolute Gasteiger partial charge is 0.200 e. The molecule has 14 heavy (non-hydrogen) atoms. The number of alkyl halides is 1. The maximum absolute atomic E-state index is 12.0. The Morgan fingerprint density at radius 3 is 2.43 bits per heavy atom. The summed E-state index contributed by atoms with van der Waals surface area (Å²) >= 11 is 0. The summed E-state index contributed by atoms with van der Waals surface area (Å²) in [5, 5.41) is 27.5. The zero-order chi connectivity index (χ0) is 10.7. The fourth-order valence-corrected chi connectivity index (χ4v) is 1.16. The molecule has 4 nitrogen and oxygen atoms in total. The van der Waals surface area contributed by atoms with Gasteiger partial charge in [0, 0.05) is 11.6 Å². The number of phenolic OH excluding ortho intramolecular Hbond substituents is 3. The Kier molecular flexibility index (Phi) is 3.14. The van der Waals surface area contributed by atoms with E-state index in [0.29, 0.717) is 0 Å². The molecule has 0 saturated heterocycles. The van der Waals surface area contributed by atoms with Crippen LogP contribution in [0.4, 0.5) is 4.39 Å². The number of aromatic hydroxyl groups is 3. The van der Waals surface area contributed by atoms with Crippen LogP contribution >= 0.6 is 0 Å². The highest BCUT2D eigenvalue weighted by Crippen LogP contribution is 2.39. The summed E-state index contributed by atoms with van der Waals surface area (Å²) in [6, 6.07) is 1.86. The van der Waals surface area contributed by atoms with Crippen molar-refractivity contribution in [3.05, 3.63) is 17.7 Å². The fourth-order valence-electron chi connectivity index (χ4n) is 1.16. The molecule has 5 N–H and O–H groups in total. The van der Waals surface area contributed by atoms with Crippen molar-refractivity contribution in [2.24, 2.45) is 5.73 Å². The van der Waals surface area contributed by atoms with Crippen molar-refractivity contribution >= 4 is 0 Å². The van der Waals surface area contributed by atoms with Crippen LogP contribution in [0.5, 0.6) is 17.2 Å². The molecule has 5 heteroatoms. The lowest BCUT2D eigenvalue weighted by Crippen LogP contribution is -2.11. The summed E-state index contributed by atoms with van der Waals surface area (Å²) in [5.41, 5.74) is 5.75. The van der Waals surface area contributed by atoms with E-state index in [0.717, 1.165) is 0 Å². The Morgan fingerprint density at radius 2 is 1.86 bits per heavy atom. The Hall–Kier alpha value is -1.49. The molecule has 1 aromatic rings. The molecule has 0 bridgehead atoms. The molecular formula is C9H12FNO3. The third-order valence-corrected chi connectivity index (χ3v) is 1.98. The highest BCUT2D eigenvalue weighted by Gasteiger charge is 2.16. The van der Waals surface area contributed by atoms with Crippen LogP contribution in [0.25, 0.3) is 0 Å². The largest absolute Gasteiger partial charge is 0.504 e. The van der Waals surface area contributed by atoms with Gasteiger partial charge in [0.1, 0.15) is 0 Å². The van der Waals surface area contributed by atoms with Crippen molar-refractivity contribution in [2.45, 2.75) is 12.5 Å². The average molecular weight is 201 g/mol. The monoisotopic (exact) mass is 201 g/mol. The van der Waals surface area contributed by atoms with Gasteiger partial charge in [-0.15, -0.1) is 0 Å². The molecule has 0 saturated carbocycles. The van der Waals surface area contributed by atoms with Gasteiger partial charge in [-0.2, -0.15) is 0 Å². The Labute approximate surface area is 80.4 Å². The van der Waals surface area contributed by atoms with Crippen LogP contribution < -0.4 is 5.73 Å². The lowest BCUT2D eigenvalue weighted by molar-refractivity contribution is 0.360. The normalized spacial score (nSPS) is 12.7. The summed E-state index contributed by atoms with van der Waals surface area (Å²) in [4.78, 5) is 0. The van der Waals surface area contributed by atoms with Gasteiger partial charge < -0.3 is 21.1 Å². The van der Waals surface area contributed by atoms with Gasteiger partial charge in [0.2, 0.25) is 5.75 Å². The van der Waals surface area contributed by atoms with Crippen LogP contribution in [0.2, 0.25) is 0 Å². The van der Waals surface area contributed by atoms with E-state index in [1.165, 1.54) is 12.1 Å². The van der Waals surface area contributed by atoms with Gasteiger partial charge >= 0.3 is 0 Å². The molecule has 0 fully saturated rings. The SMILES string of the molecule is N[C@@H](CCF)c1ccc(O)c(O)c1O. The second kappa shape index (κ2) is 4.15. The van der Waals surface area contributed by atoms with Crippen LogP contribution in [0.1, 0.15) is 18.0 Å². The molecule has 0 heterocycles. The lowest BCUT2D eigenvalue weighted by Gasteiger charge is -2.13. The first kappa shape index (κ1) is 10.6. The number of halogens is 1. The van der Waals surface area contributed by atoms with E-state index in [-0.39, 0.29) is 12.0 Å². The van der Waals surface area contributed by atoms with Gasteiger partial charge in [0.15, 0.2) is 11.5 Å². The molecule has 0 unspecified atom stereocenters.